The molecule has 0 unspecified atom stereocenters. The minimum absolute atomic E-state index is 0.269. The Morgan fingerprint density at radius 3 is 2.46 bits per heavy atom. The summed E-state index contributed by atoms with van der Waals surface area (Å²) in [4.78, 5) is 6.88. The van der Waals surface area contributed by atoms with E-state index in [1.165, 1.54) is 5.69 Å². The van der Waals surface area contributed by atoms with Gasteiger partial charge in [0.1, 0.15) is 0 Å². The summed E-state index contributed by atoms with van der Waals surface area (Å²) in [6, 6.07) is 12.1. The van der Waals surface area contributed by atoms with Crippen LogP contribution in [-0.4, -0.2) is 39.3 Å². The number of hydrogen-bond acceptors (Lipinski definition) is 5. The van der Waals surface area contributed by atoms with E-state index in [1.54, 1.807) is 0 Å². The predicted molar refractivity (Wildman–Crippen MR) is 97.0 cm³/mol. The molecule has 124 valence electrons. The molecule has 0 saturated carbocycles. The van der Waals surface area contributed by atoms with Crippen molar-refractivity contribution in [3.63, 3.8) is 0 Å². The van der Waals surface area contributed by atoms with Crippen LogP contribution in [0, 0.1) is 0 Å². The number of ether oxygens (including phenoxy) is 3. The topological polar surface area (TPSA) is 43.3 Å². The zero-order valence-electron chi connectivity index (χ0n) is 13.1. The molecule has 2 aromatic rings. The maximum atomic E-state index is 5.41. The Morgan fingerprint density at radius 2 is 1.71 bits per heavy atom. The van der Waals surface area contributed by atoms with E-state index in [0.29, 0.717) is 0 Å². The van der Waals surface area contributed by atoms with E-state index in [9.17, 15) is 0 Å². The molecule has 0 aromatic heterocycles. The fraction of sp³-hybridized carbons (Fsp3) is 0.278. The Bertz CT molecular complexity index is 756. The highest BCUT2D eigenvalue weighted by Crippen LogP contribution is 2.36. The average Bonchev–Trinajstić information content (AvgIpc) is 3.08. The number of rotatable bonds is 3. The highest BCUT2D eigenvalue weighted by molar-refractivity contribution is 9.10. The molecule has 5 nitrogen and oxygen atoms in total. The standard InChI is InChI=1S/C18H17BrN2O3/c19-16-10-18-17(23-12-24-18)9-13(16)11-20-14-1-3-15(4-2-14)21-5-7-22-8-6-21/h1-4,9-11H,5-8,12H2. The molecule has 0 bridgehead atoms. The minimum Gasteiger partial charge on any atom is -0.454 e. The lowest BCUT2D eigenvalue weighted by molar-refractivity contribution is 0.122. The van der Waals surface area contributed by atoms with Gasteiger partial charge in [-0.25, -0.2) is 0 Å². The molecule has 0 aliphatic carbocycles. The summed E-state index contributed by atoms with van der Waals surface area (Å²) in [5.74, 6) is 1.51. The van der Waals surface area contributed by atoms with Crippen molar-refractivity contribution in [2.75, 3.05) is 38.0 Å². The van der Waals surface area contributed by atoms with Gasteiger partial charge in [-0.1, -0.05) is 0 Å². The van der Waals surface area contributed by atoms with Crippen LogP contribution in [-0.2, 0) is 4.74 Å². The summed E-state index contributed by atoms with van der Waals surface area (Å²) in [6.07, 6.45) is 1.83. The molecule has 2 aliphatic heterocycles. The predicted octanol–water partition coefficient (Wildman–Crippen LogP) is 3.77. The molecule has 4 rings (SSSR count). The summed E-state index contributed by atoms with van der Waals surface area (Å²) in [7, 11) is 0. The first-order valence-corrected chi connectivity index (χ1v) is 8.65. The van der Waals surface area contributed by atoms with Gasteiger partial charge in [0.15, 0.2) is 11.5 Å². The first-order valence-electron chi connectivity index (χ1n) is 7.85. The van der Waals surface area contributed by atoms with E-state index in [2.05, 4.69) is 38.0 Å². The van der Waals surface area contributed by atoms with Crippen molar-refractivity contribution in [2.45, 2.75) is 0 Å². The van der Waals surface area contributed by atoms with Gasteiger partial charge >= 0.3 is 0 Å². The third kappa shape index (κ3) is 3.25. The Kier molecular flexibility index (Phi) is 4.40. The number of aliphatic imine (C=N–C) groups is 1. The lowest BCUT2D eigenvalue weighted by Crippen LogP contribution is -2.36. The molecule has 24 heavy (non-hydrogen) atoms. The largest absolute Gasteiger partial charge is 0.454 e. The van der Waals surface area contributed by atoms with Crippen LogP contribution in [0.25, 0.3) is 0 Å². The van der Waals surface area contributed by atoms with E-state index in [-0.39, 0.29) is 6.79 Å². The summed E-state index contributed by atoms with van der Waals surface area (Å²) in [6.45, 7) is 3.72. The van der Waals surface area contributed by atoms with Gasteiger partial charge in [-0.2, -0.15) is 0 Å². The zero-order valence-corrected chi connectivity index (χ0v) is 14.7. The van der Waals surface area contributed by atoms with Gasteiger partial charge in [-0.15, -0.1) is 0 Å². The number of fused-ring (bicyclic) bond motifs is 1. The Morgan fingerprint density at radius 1 is 1.00 bits per heavy atom. The highest BCUT2D eigenvalue weighted by atomic mass is 79.9. The molecule has 1 fully saturated rings. The zero-order chi connectivity index (χ0) is 16.4. The second kappa shape index (κ2) is 6.83. The van der Waals surface area contributed by atoms with E-state index < -0.39 is 0 Å². The highest BCUT2D eigenvalue weighted by Gasteiger charge is 2.15. The molecule has 2 aliphatic rings. The van der Waals surface area contributed by atoms with Gasteiger partial charge in [-0.05, 0) is 52.3 Å². The lowest BCUT2D eigenvalue weighted by Gasteiger charge is -2.28. The normalized spacial score (nSPS) is 16.8. The number of morpholine rings is 1. The number of benzene rings is 2. The van der Waals surface area contributed by atoms with Crippen molar-refractivity contribution < 1.29 is 14.2 Å². The van der Waals surface area contributed by atoms with Crippen LogP contribution in [0.5, 0.6) is 11.5 Å². The molecule has 0 amide bonds. The van der Waals surface area contributed by atoms with Gasteiger partial charge in [0.25, 0.3) is 0 Å². The first-order chi connectivity index (χ1) is 11.8. The quantitative estimate of drug-likeness (QED) is 0.750. The van der Waals surface area contributed by atoms with Crippen molar-refractivity contribution in [2.24, 2.45) is 4.99 Å². The second-order valence-electron chi connectivity index (χ2n) is 5.60. The second-order valence-corrected chi connectivity index (χ2v) is 6.46. The average molecular weight is 389 g/mol. The van der Waals surface area contributed by atoms with E-state index in [1.807, 2.05) is 30.5 Å². The van der Waals surface area contributed by atoms with Crippen LogP contribution in [0.4, 0.5) is 11.4 Å². The summed E-state index contributed by atoms with van der Waals surface area (Å²) in [5.41, 5.74) is 3.08. The van der Waals surface area contributed by atoms with E-state index >= 15 is 0 Å². The van der Waals surface area contributed by atoms with Gasteiger partial charge in [0, 0.05) is 35.0 Å². The smallest absolute Gasteiger partial charge is 0.231 e. The molecular weight excluding hydrogens is 372 g/mol. The van der Waals surface area contributed by atoms with Crippen molar-refractivity contribution in [3.05, 3.63) is 46.4 Å². The van der Waals surface area contributed by atoms with Crippen LogP contribution in [0.15, 0.2) is 45.9 Å². The molecule has 2 aromatic carbocycles. The maximum absolute atomic E-state index is 5.41. The molecule has 0 radical (unpaired) electrons. The molecule has 1 saturated heterocycles. The number of nitrogens with zero attached hydrogens (tertiary/aromatic N) is 2. The summed E-state index contributed by atoms with van der Waals surface area (Å²) < 4.78 is 17.1. The molecule has 2 heterocycles. The third-order valence-electron chi connectivity index (χ3n) is 4.07. The van der Waals surface area contributed by atoms with Crippen molar-refractivity contribution >= 4 is 33.5 Å². The van der Waals surface area contributed by atoms with Crippen LogP contribution < -0.4 is 14.4 Å². The monoisotopic (exact) mass is 388 g/mol. The van der Waals surface area contributed by atoms with Gasteiger partial charge in [0.05, 0.1) is 18.9 Å². The molecule has 0 atom stereocenters. The van der Waals surface area contributed by atoms with Crippen molar-refractivity contribution in [1.82, 2.24) is 0 Å². The van der Waals surface area contributed by atoms with Crippen LogP contribution in [0.2, 0.25) is 0 Å². The fourth-order valence-corrected chi connectivity index (χ4v) is 3.17. The maximum Gasteiger partial charge on any atom is 0.231 e. The summed E-state index contributed by atoms with van der Waals surface area (Å²) >= 11 is 3.54. The Labute approximate surface area is 149 Å². The van der Waals surface area contributed by atoms with Gasteiger partial charge < -0.3 is 19.1 Å². The van der Waals surface area contributed by atoms with Crippen LogP contribution in [0.3, 0.4) is 0 Å². The van der Waals surface area contributed by atoms with Gasteiger partial charge in [-0.3, -0.25) is 4.99 Å². The Hall–Kier alpha value is -2.05. The van der Waals surface area contributed by atoms with Crippen molar-refractivity contribution in [3.8, 4) is 11.5 Å². The van der Waals surface area contributed by atoms with Crippen LogP contribution in [0.1, 0.15) is 5.56 Å². The molecule has 0 N–H and O–H groups in total. The van der Waals surface area contributed by atoms with Crippen LogP contribution >= 0.6 is 15.9 Å². The number of anilines is 1. The number of hydrogen-bond donors (Lipinski definition) is 0. The summed E-state index contributed by atoms with van der Waals surface area (Å²) in [5, 5.41) is 0. The molecule has 0 spiro atoms. The molecular formula is C18H17BrN2O3. The van der Waals surface area contributed by atoms with Crippen molar-refractivity contribution in [1.29, 1.82) is 0 Å². The fourth-order valence-electron chi connectivity index (χ4n) is 2.75. The third-order valence-corrected chi connectivity index (χ3v) is 4.76. The first kappa shape index (κ1) is 15.5. The molecule has 6 heteroatoms. The van der Waals surface area contributed by atoms with E-state index in [0.717, 1.165) is 53.5 Å². The lowest BCUT2D eigenvalue weighted by atomic mass is 10.2. The Balaban J connectivity index is 1.50. The van der Waals surface area contributed by atoms with E-state index in [4.69, 9.17) is 14.2 Å². The minimum atomic E-state index is 0.269. The number of halogens is 1. The SMILES string of the molecule is Brc1cc2c(cc1C=Nc1ccc(N3CCOCC3)cc1)OCO2. The van der Waals surface area contributed by atoms with Gasteiger partial charge in [0.2, 0.25) is 6.79 Å².